The van der Waals surface area contributed by atoms with Gasteiger partial charge >= 0.3 is 5.97 Å². The standard InChI is InChI=1S/C18H27N3O5S/c1-26-18(23)16-8-3-2-6-14(16)13-27(24,25)21-11-5-4-7-15(21)12-20-17(22)9-10-19/h2-3,6,8,15H,4-5,7,9-13,19H2,1H3,(H,20,22). The van der Waals surface area contributed by atoms with Crippen LogP contribution in [0, 0.1) is 0 Å². The fourth-order valence-electron chi connectivity index (χ4n) is 3.23. The molecule has 150 valence electrons. The van der Waals surface area contributed by atoms with E-state index >= 15 is 0 Å². The van der Waals surface area contributed by atoms with E-state index in [-0.39, 0.29) is 42.8 Å². The maximum atomic E-state index is 13.0. The minimum atomic E-state index is -3.66. The van der Waals surface area contributed by atoms with Crippen molar-refractivity contribution in [3.63, 3.8) is 0 Å². The molecule has 1 aliphatic heterocycles. The molecule has 0 aliphatic carbocycles. The largest absolute Gasteiger partial charge is 0.465 e. The molecule has 1 aliphatic rings. The van der Waals surface area contributed by atoms with Crippen molar-refractivity contribution in [2.75, 3.05) is 26.7 Å². The van der Waals surface area contributed by atoms with Crippen molar-refractivity contribution in [1.82, 2.24) is 9.62 Å². The van der Waals surface area contributed by atoms with Gasteiger partial charge in [-0.25, -0.2) is 13.2 Å². The molecule has 1 amide bonds. The van der Waals surface area contributed by atoms with E-state index in [0.29, 0.717) is 18.5 Å². The summed E-state index contributed by atoms with van der Waals surface area (Å²) in [4.78, 5) is 23.6. The Labute approximate surface area is 160 Å². The van der Waals surface area contributed by atoms with Crippen molar-refractivity contribution in [3.8, 4) is 0 Å². The second-order valence-electron chi connectivity index (χ2n) is 6.51. The first-order valence-electron chi connectivity index (χ1n) is 9.01. The van der Waals surface area contributed by atoms with Gasteiger partial charge in [0.25, 0.3) is 0 Å². The third-order valence-electron chi connectivity index (χ3n) is 4.60. The van der Waals surface area contributed by atoms with Gasteiger partial charge in [0.15, 0.2) is 0 Å². The lowest BCUT2D eigenvalue weighted by Crippen LogP contribution is -2.49. The fraction of sp³-hybridized carbons (Fsp3) is 0.556. The van der Waals surface area contributed by atoms with E-state index < -0.39 is 16.0 Å². The molecular weight excluding hydrogens is 370 g/mol. The van der Waals surface area contributed by atoms with Crippen LogP contribution in [0.25, 0.3) is 0 Å². The van der Waals surface area contributed by atoms with Crippen molar-refractivity contribution in [2.24, 2.45) is 5.73 Å². The third kappa shape index (κ3) is 5.75. The maximum absolute atomic E-state index is 13.0. The zero-order chi connectivity index (χ0) is 19.9. The lowest BCUT2D eigenvalue weighted by Gasteiger charge is -2.35. The van der Waals surface area contributed by atoms with Gasteiger partial charge in [-0.1, -0.05) is 24.6 Å². The highest BCUT2D eigenvalue weighted by Crippen LogP contribution is 2.24. The van der Waals surface area contributed by atoms with Crippen LogP contribution >= 0.6 is 0 Å². The summed E-state index contributed by atoms with van der Waals surface area (Å²) in [5.74, 6) is -1.03. The average Bonchev–Trinajstić information content (AvgIpc) is 2.66. The SMILES string of the molecule is COC(=O)c1ccccc1CS(=O)(=O)N1CCCCC1CNC(=O)CCN. The third-order valence-corrected chi connectivity index (χ3v) is 6.47. The molecule has 1 heterocycles. The van der Waals surface area contributed by atoms with E-state index in [0.717, 1.165) is 12.8 Å². The molecule has 0 saturated carbocycles. The van der Waals surface area contributed by atoms with Gasteiger partial charge < -0.3 is 15.8 Å². The highest BCUT2D eigenvalue weighted by atomic mass is 32.2. The zero-order valence-corrected chi connectivity index (χ0v) is 16.3. The van der Waals surface area contributed by atoms with Crippen molar-refractivity contribution in [1.29, 1.82) is 0 Å². The van der Waals surface area contributed by atoms with Crippen molar-refractivity contribution in [3.05, 3.63) is 35.4 Å². The summed E-state index contributed by atoms with van der Waals surface area (Å²) in [6.45, 7) is 0.916. The highest BCUT2D eigenvalue weighted by molar-refractivity contribution is 7.88. The summed E-state index contributed by atoms with van der Waals surface area (Å²) in [6, 6.07) is 6.23. The average molecular weight is 397 g/mol. The second-order valence-corrected chi connectivity index (χ2v) is 8.43. The van der Waals surface area contributed by atoms with E-state index in [2.05, 4.69) is 5.32 Å². The molecule has 0 aromatic heterocycles. The van der Waals surface area contributed by atoms with Gasteiger partial charge in [0, 0.05) is 32.1 Å². The second kappa shape index (κ2) is 9.82. The van der Waals surface area contributed by atoms with Crippen molar-refractivity contribution < 1.29 is 22.7 Å². The molecule has 1 fully saturated rings. The van der Waals surface area contributed by atoms with Crippen LogP contribution in [0.3, 0.4) is 0 Å². The summed E-state index contributed by atoms with van der Waals surface area (Å²) in [5, 5.41) is 2.76. The molecule has 8 nitrogen and oxygen atoms in total. The van der Waals surface area contributed by atoms with Gasteiger partial charge in [0.05, 0.1) is 18.4 Å². The summed E-state index contributed by atoms with van der Waals surface area (Å²) in [5.41, 5.74) is 6.01. The number of rotatable bonds is 8. The van der Waals surface area contributed by atoms with Crippen LogP contribution in [0.2, 0.25) is 0 Å². The number of carbonyl (C=O) groups excluding carboxylic acids is 2. The Kier molecular flexibility index (Phi) is 7.76. The molecule has 9 heteroatoms. The van der Waals surface area contributed by atoms with E-state index in [1.165, 1.54) is 11.4 Å². The molecule has 2 rings (SSSR count). The number of nitrogens with one attached hydrogen (secondary N) is 1. The summed E-state index contributed by atoms with van der Waals surface area (Å²) >= 11 is 0. The lowest BCUT2D eigenvalue weighted by molar-refractivity contribution is -0.121. The number of methoxy groups -OCH3 is 1. The quantitative estimate of drug-likeness (QED) is 0.621. The number of amides is 1. The Morgan fingerprint density at radius 3 is 2.74 bits per heavy atom. The van der Waals surface area contributed by atoms with E-state index in [9.17, 15) is 18.0 Å². The van der Waals surface area contributed by atoms with Gasteiger partial charge in [-0.05, 0) is 24.5 Å². The number of sulfonamides is 1. The Morgan fingerprint density at radius 2 is 2.04 bits per heavy atom. The summed E-state index contributed by atoms with van der Waals surface area (Å²) < 4.78 is 32.3. The number of hydrogen-bond acceptors (Lipinski definition) is 6. The molecule has 0 radical (unpaired) electrons. The lowest BCUT2D eigenvalue weighted by atomic mass is 10.1. The first-order chi connectivity index (χ1) is 12.9. The number of benzene rings is 1. The van der Waals surface area contributed by atoms with Gasteiger partial charge in [-0.15, -0.1) is 0 Å². The zero-order valence-electron chi connectivity index (χ0n) is 15.5. The van der Waals surface area contributed by atoms with Gasteiger partial charge in [0.1, 0.15) is 0 Å². The van der Waals surface area contributed by atoms with Gasteiger partial charge in [0.2, 0.25) is 15.9 Å². The highest BCUT2D eigenvalue weighted by Gasteiger charge is 2.33. The number of piperidine rings is 1. The molecule has 1 saturated heterocycles. The molecule has 27 heavy (non-hydrogen) atoms. The normalized spacial score (nSPS) is 18.1. The van der Waals surface area contributed by atoms with E-state index in [1.54, 1.807) is 24.3 Å². The van der Waals surface area contributed by atoms with Crippen LogP contribution in [0.4, 0.5) is 0 Å². The maximum Gasteiger partial charge on any atom is 0.338 e. The van der Waals surface area contributed by atoms with Crippen molar-refractivity contribution >= 4 is 21.9 Å². The first-order valence-corrected chi connectivity index (χ1v) is 10.6. The first kappa shape index (κ1) is 21.3. The van der Waals surface area contributed by atoms with Crippen LogP contribution in [0.5, 0.6) is 0 Å². The number of hydrogen-bond donors (Lipinski definition) is 2. The van der Waals surface area contributed by atoms with Gasteiger partial charge in [-0.2, -0.15) is 4.31 Å². The number of ether oxygens (including phenoxy) is 1. The minimum Gasteiger partial charge on any atom is -0.465 e. The van der Waals surface area contributed by atoms with Crippen LogP contribution < -0.4 is 11.1 Å². The topological polar surface area (TPSA) is 119 Å². The number of nitrogens with zero attached hydrogens (tertiary/aromatic N) is 1. The molecular formula is C18H27N3O5S. The monoisotopic (exact) mass is 397 g/mol. The van der Waals surface area contributed by atoms with Crippen molar-refractivity contribution in [2.45, 2.75) is 37.5 Å². The van der Waals surface area contributed by atoms with Crippen LogP contribution in [-0.4, -0.2) is 57.4 Å². The molecule has 3 N–H and O–H groups in total. The Hall–Kier alpha value is -1.97. The smallest absolute Gasteiger partial charge is 0.338 e. The van der Waals surface area contributed by atoms with Crippen LogP contribution in [-0.2, 0) is 25.3 Å². The summed E-state index contributed by atoms with van der Waals surface area (Å²) in [7, 11) is -2.40. The predicted octanol–water partition coefficient (Wildman–Crippen LogP) is 0.623. The number of carbonyl (C=O) groups is 2. The molecule has 1 aromatic carbocycles. The number of esters is 1. The molecule has 1 unspecified atom stereocenters. The predicted molar refractivity (Wildman–Crippen MR) is 101 cm³/mol. The Bertz CT molecular complexity index is 766. The van der Waals surface area contributed by atoms with Crippen LogP contribution in [0.15, 0.2) is 24.3 Å². The Morgan fingerprint density at radius 1 is 1.30 bits per heavy atom. The molecule has 1 atom stereocenters. The summed E-state index contributed by atoms with van der Waals surface area (Å²) in [6.07, 6.45) is 2.57. The molecule has 0 spiro atoms. The molecule has 1 aromatic rings. The van der Waals surface area contributed by atoms with Gasteiger partial charge in [-0.3, -0.25) is 4.79 Å². The fourth-order valence-corrected chi connectivity index (χ4v) is 5.08. The minimum absolute atomic E-state index is 0.184. The number of nitrogens with two attached hydrogens (primary N) is 1. The Balaban J connectivity index is 2.16. The van der Waals surface area contributed by atoms with Crippen LogP contribution in [0.1, 0.15) is 41.6 Å². The van der Waals surface area contributed by atoms with E-state index in [4.69, 9.17) is 10.5 Å². The van der Waals surface area contributed by atoms with E-state index in [1.807, 2.05) is 0 Å². The molecule has 0 bridgehead atoms.